The van der Waals surface area contributed by atoms with E-state index in [4.69, 9.17) is 5.26 Å². The van der Waals surface area contributed by atoms with E-state index in [2.05, 4.69) is 26.2 Å². The maximum atomic E-state index is 13.4. The van der Waals surface area contributed by atoms with Crippen LogP contribution in [0, 0.1) is 21.4 Å². The molecule has 142 valence electrons. The number of benzene rings is 1. The van der Waals surface area contributed by atoms with Crippen molar-refractivity contribution in [3.05, 3.63) is 62.2 Å². The lowest BCUT2D eigenvalue weighted by atomic mass is 9.95. The molecule has 0 fully saturated rings. The first-order chi connectivity index (χ1) is 12.6. The van der Waals surface area contributed by atoms with Gasteiger partial charge in [0.05, 0.1) is 22.6 Å². The fourth-order valence-corrected chi connectivity index (χ4v) is 2.75. The van der Waals surface area contributed by atoms with Crippen LogP contribution < -0.4 is 5.32 Å². The van der Waals surface area contributed by atoms with E-state index in [0.29, 0.717) is 0 Å². The molecule has 0 spiro atoms. The Morgan fingerprint density at radius 2 is 2.00 bits per heavy atom. The van der Waals surface area contributed by atoms with E-state index >= 15 is 0 Å². The predicted octanol–water partition coefficient (Wildman–Crippen LogP) is 4.20. The Labute approximate surface area is 159 Å². The fraction of sp³-hybridized carbons (Fsp3) is 0.250. The van der Waals surface area contributed by atoms with Crippen LogP contribution in [0.2, 0.25) is 0 Å². The Morgan fingerprint density at radius 3 is 2.59 bits per heavy atom. The summed E-state index contributed by atoms with van der Waals surface area (Å²) in [5.74, 6) is -0.290. The lowest BCUT2D eigenvalue weighted by Crippen LogP contribution is -2.22. The van der Waals surface area contributed by atoms with Crippen molar-refractivity contribution in [3.63, 3.8) is 0 Å². The zero-order valence-corrected chi connectivity index (χ0v) is 15.0. The molecule has 0 radical (unpaired) electrons. The molecule has 0 aliphatic rings. The number of nitrogens with one attached hydrogen (secondary N) is 1. The summed E-state index contributed by atoms with van der Waals surface area (Å²) in [5, 5.41) is 32.2. The second-order valence-corrected chi connectivity index (χ2v) is 6.23. The number of nitro groups is 1. The molecule has 0 amide bonds. The summed E-state index contributed by atoms with van der Waals surface area (Å²) in [6.45, 7) is 0. The third-order valence-corrected chi connectivity index (χ3v) is 4.04. The van der Waals surface area contributed by atoms with Gasteiger partial charge in [-0.15, -0.1) is 0 Å². The van der Waals surface area contributed by atoms with Crippen LogP contribution in [0.1, 0.15) is 23.6 Å². The molecule has 27 heavy (non-hydrogen) atoms. The van der Waals surface area contributed by atoms with E-state index in [1.807, 2.05) is 0 Å². The molecule has 0 saturated carbocycles. The van der Waals surface area contributed by atoms with Crippen molar-refractivity contribution in [3.8, 4) is 6.07 Å². The smallest absolute Gasteiger partial charge is 0.378 e. The average Bonchev–Trinajstić information content (AvgIpc) is 2.60. The van der Waals surface area contributed by atoms with Gasteiger partial charge in [0.2, 0.25) is 5.82 Å². The lowest BCUT2D eigenvalue weighted by Gasteiger charge is -2.23. The normalized spacial score (nSPS) is 13.5. The summed E-state index contributed by atoms with van der Waals surface area (Å²) in [7, 11) is 0. The van der Waals surface area contributed by atoms with E-state index in [1.54, 1.807) is 0 Å². The number of nitriles is 1. The number of aliphatic hydroxyl groups excluding tert-OH is 1. The van der Waals surface area contributed by atoms with Gasteiger partial charge in [0.1, 0.15) is 10.7 Å². The van der Waals surface area contributed by atoms with Crippen LogP contribution in [0.3, 0.4) is 0 Å². The van der Waals surface area contributed by atoms with Gasteiger partial charge in [0.25, 0.3) is 0 Å². The maximum absolute atomic E-state index is 13.4. The number of rotatable bonds is 6. The van der Waals surface area contributed by atoms with Crippen LogP contribution in [0.15, 0.2) is 41.0 Å². The molecule has 1 aromatic carbocycles. The van der Waals surface area contributed by atoms with E-state index in [0.717, 1.165) is 12.1 Å². The summed E-state index contributed by atoms with van der Waals surface area (Å²) in [6.07, 6.45) is -6.71. The van der Waals surface area contributed by atoms with Crippen LogP contribution in [0.4, 0.5) is 24.7 Å². The summed E-state index contributed by atoms with van der Waals surface area (Å²) >= 11 is 3.05. The van der Waals surface area contributed by atoms with Crippen molar-refractivity contribution in [2.75, 3.05) is 5.32 Å². The first kappa shape index (κ1) is 20.6. The number of hydrogen-bond donors (Lipinski definition) is 2. The maximum Gasteiger partial charge on any atom is 0.416 e. The van der Waals surface area contributed by atoms with Crippen LogP contribution >= 0.6 is 15.9 Å². The molecule has 0 bridgehead atoms. The molecule has 0 aliphatic heterocycles. The number of aromatic nitrogens is 1. The highest BCUT2D eigenvalue weighted by Crippen LogP contribution is 2.38. The Bertz CT molecular complexity index is 886. The molecule has 2 rings (SSSR count). The first-order valence-corrected chi connectivity index (χ1v) is 8.24. The Morgan fingerprint density at radius 1 is 1.33 bits per heavy atom. The molecule has 0 saturated heterocycles. The van der Waals surface area contributed by atoms with Gasteiger partial charge in [-0.25, -0.2) is 4.98 Å². The quantitative estimate of drug-likeness (QED) is 0.298. The molecular formula is C16H12BrF3N4O3. The van der Waals surface area contributed by atoms with Gasteiger partial charge in [-0.3, -0.25) is 10.1 Å². The number of pyridine rings is 1. The third kappa shape index (κ3) is 5.15. The number of alkyl halides is 3. The van der Waals surface area contributed by atoms with Gasteiger partial charge in [-0.1, -0.05) is 18.2 Å². The highest BCUT2D eigenvalue weighted by atomic mass is 79.9. The Hall–Kier alpha value is -2.71. The van der Waals surface area contributed by atoms with Crippen molar-refractivity contribution in [1.82, 2.24) is 4.98 Å². The molecule has 1 heterocycles. The molecule has 0 aliphatic carbocycles. The van der Waals surface area contributed by atoms with Crippen LogP contribution in [-0.2, 0) is 6.18 Å². The van der Waals surface area contributed by atoms with E-state index in [1.165, 1.54) is 30.3 Å². The predicted molar refractivity (Wildman–Crippen MR) is 92.6 cm³/mol. The molecule has 2 atom stereocenters. The van der Waals surface area contributed by atoms with Gasteiger partial charge in [-0.2, -0.15) is 18.4 Å². The van der Waals surface area contributed by atoms with Crippen molar-refractivity contribution < 1.29 is 23.2 Å². The topological polar surface area (TPSA) is 112 Å². The highest BCUT2D eigenvalue weighted by Gasteiger charge is 2.36. The highest BCUT2D eigenvalue weighted by molar-refractivity contribution is 9.10. The van der Waals surface area contributed by atoms with Crippen molar-refractivity contribution in [2.24, 2.45) is 0 Å². The van der Waals surface area contributed by atoms with Crippen molar-refractivity contribution in [2.45, 2.75) is 24.7 Å². The summed E-state index contributed by atoms with van der Waals surface area (Å²) < 4.78 is 40.3. The Balaban J connectivity index is 2.55. The van der Waals surface area contributed by atoms with E-state index in [-0.39, 0.29) is 16.0 Å². The van der Waals surface area contributed by atoms with Gasteiger partial charge in [0.15, 0.2) is 0 Å². The molecule has 2 N–H and O–H groups in total. The third-order valence-electron chi connectivity index (χ3n) is 3.60. The molecule has 2 aromatic rings. The van der Waals surface area contributed by atoms with Crippen molar-refractivity contribution >= 4 is 27.4 Å². The monoisotopic (exact) mass is 444 g/mol. The number of anilines is 1. The molecule has 7 nitrogen and oxygen atoms in total. The van der Waals surface area contributed by atoms with E-state index in [9.17, 15) is 28.4 Å². The fourth-order valence-electron chi connectivity index (χ4n) is 2.45. The molecular weight excluding hydrogens is 433 g/mol. The number of hydrogen-bond acceptors (Lipinski definition) is 6. The number of aliphatic hydroxyl groups is 1. The SMILES string of the molecule is N#CC(O)CC(Nc1nc(Br)ccc1[N+](=O)[O-])c1ccccc1C(F)(F)F. The lowest BCUT2D eigenvalue weighted by molar-refractivity contribution is -0.384. The van der Waals surface area contributed by atoms with Gasteiger partial charge in [-0.05, 0) is 33.6 Å². The van der Waals surface area contributed by atoms with Gasteiger partial charge in [0, 0.05) is 12.5 Å². The second-order valence-electron chi connectivity index (χ2n) is 5.42. The number of halogens is 4. The average molecular weight is 445 g/mol. The molecule has 1 aromatic heterocycles. The minimum absolute atomic E-state index is 0.222. The first-order valence-electron chi connectivity index (χ1n) is 7.44. The zero-order valence-electron chi connectivity index (χ0n) is 13.4. The minimum atomic E-state index is -4.69. The molecule has 2 unspecified atom stereocenters. The van der Waals surface area contributed by atoms with Crippen LogP contribution in [-0.4, -0.2) is 21.1 Å². The van der Waals surface area contributed by atoms with Crippen molar-refractivity contribution in [1.29, 1.82) is 5.26 Å². The second kappa shape index (κ2) is 8.32. The summed E-state index contributed by atoms with van der Waals surface area (Å²) in [4.78, 5) is 14.3. The summed E-state index contributed by atoms with van der Waals surface area (Å²) in [6, 6.07) is 7.31. The summed E-state index contributed by atoms with van der Waals surface area (Å²) in [5.41, 5.74) is -1.71. The van der Waals surface area contributed by atoms with Gasteiger partial charge < -0.3 is 10.4 Å². The van der Waals surface area contributed by atoms with Crippen LogP contribution in [0.25, 0.3) is 0 Å². The zero-order chi connectivity index (χ0) is 20.2. The standard InChI is InChI=1S/C16H12BrF3N4O3/c17-14-6-5-13(24(26)27)15(23-14)22-12(7-9(25)8-21)10-3-1-2-4-11(10)16(18,19)20/h1-6,9,12,25H,7H2,(H,22,23). The largest absolute Gasteiger partial charge is 0.416 e. The number of nitrogens with zero attached hydrogens (tertiary/aromatic N) is 3. The van der Waals surface area contributed by atoms with E-state index < -0.39 is 40.9 Å². The van der Waals surface area contributed by atoms with Crippen LogP contribution in [0.5, 0.6) is 0 Å². The molecule has 11 heteroatoms. The Kier molecular flexibility index (Phi) is 6.35. The van der Waals surface area contributed by atoms with Gasteiger partial charge >= 0.3 is 11.9 Å². The minimum Gasteiger partial charge on any atom is -0.378 e.